The van der Waals surface area contributed by atoms with Crippen molar-refractivity contribution in [3.8, 4) is 0 Å². The van der Waals surface area contributed by atoms with Crippen LogP contribution >= 0.6 is 0 Å². The number of nitrogens with two attached hydrogens (primary N) is 1. The molecule has 3 heterocycles. The molecule has 2 fully saturated rings. The predicted octanol–water partition coefficient (Wildman–Crippen LogP) is 0.693. The Balaban J connectivity index is 1.78. The summed E-state index contributed by atoms with van der Waals surface area (Å²) in [6.07, 6.45) is 2.00. The Kier molecular flexibility index (Phi) is 4.99. The van der Waals surface area contributed by atoms with Crippen molar-refractivity contribution in [1.29, 1.82) is 0 Å². The van der Waals surface area contributed by atoms with Crippen molar-refractivity contribution < 1.29 is 22.4 Å². The summed E-state index contributed by atoms with van der Waals surface area (Å²) >= 11 is 0. The van der Waals surface area contributed by atoms with Crippen molar-refractivity contribution in [2.75, 3.05) is 19.7 Å². The minimum absolute atomic E-state index is 0.00389. The summed E-state index contributed by atoms with van der Waals surface area (Å²) in [4.78, 5) is 26.5. The number of ether oxygens (including phenoxy) is 1. The van der Waals surface area contributed by atoms with Gasteiger partial charge in [0.15, 0.2) is 0 Å². The number of likely N-dealkylation sites (tertiary alicyclic amines) is 1. The zero-order valence-corrected chi connectivity index (χ0v) is 14.9. The van der Waals surface area contributed by atoms with Crippen molar-refractivity contribution in [1.82, 2.24) is 4.90 Å². The molecule has 2 saturated heterocycles. The number of nitrogens with zero attached hydrogens (tertiary/aromatic N) is 1. The van der Waals surface area contributed by atoms with Gasteiger partial charge in [0, 0.05) is 19.7 Å². The number of carbonyl (C=O) groups excluding carboxylic acids is 1. The summed E-state index contributed by atoms with van der Waals surface area (Å²) in [5.74, 6) is 0.0162. The van der Waals surface area contributed by atoms with Crippen LogP contribution in [0.2, 0.25) is 0 Å². The molecule has 0 bridgehead atoms. The first-order chi connectivity index (χ1) is 11.8. The maximum absolute atomic E-state index is 12.7. The number of carbonyl (C=O) groups is 1. The minimum atomic E-state index is -3.60. The Bertz CT molecular complexity index is 818. The van der Waals surface area contributed by atoms with Gasteiger partial charge in [-0.25, -0.2) is 18.4 Å². The Morgan fingerprint density at radius 1 is 1.28 bits per heavy atom. The van der Waals surface area contributed by atoms with Crippen LogP contribution in [0.1, 0.15) is 53.5 Å². The average Bonchev–Trinajstić information content (AvgIpc) is 3.08. The molecular formula is C16H22N2O6S. The van der Waals surface area contributed by atoms with Crippen LogP contribution in [0.25, 0.3) is 0 Å². The molecule has 1 aromatic rings. The first-order valence-electron chi connectivity index (χ1n) is 8.34. The van der Waals surface area contributed by atoms with Gasteiger partial charge in [-0.05, 0) is 44.2 Å². The molecule has 9 heteroatoms. The van der Waals surface area contributed by atoms with Gasteiger partial charge in [-0.1, -0.05) is 0 Å². The van der Waals surface area contributed by atoms with Crippen LogP contribution < -0.4 is 10.8 Å². The van der Waals surface area contributed by atoms with Crippen molar-refractivity contribution in [3.05, 3.63) is 33.4 Å². The van der Waals surface area contributed by atoms with Crippen LogP contribution in [0.15, 0.2) is 15.3 Å². The number of aryl methyl sites for hydroxylation is 1. The van der Waals surface area contributed by atoms with E-state index in [0.29, 0.717) is 17.9 Å². The fourth-order valence-corrected chi connectivity index (χ4v) is 4.26. The molecule has 2 aliphatic rings. The lowest BCUT2D eigenvalue weighted by Crippen LogP contribution is -2.45. The number of sulfonamides is 1. The molecule has 0 aromatic carbocycles. The molecule has 0 aliphatic carbocycles. The summed E-state index contributed by atoms with van der Waals surface area (Å²) in [7, 11) is -3.60. The molecule has 2 aliphatic heterocycles. The van der Waals surface area contributed by atoms with E-state index in [9.17, 15) is 18.0 Å². The number of piperidine rings is 1. The zero-order chi connectivity index (χ0) is 18.2. The van der Waals surface area contributed by atoms with E-state index in [1.807, 2.05) is 0 Å². The van der Waals surface area contributed by atoms with Gasteiger partial charge >= 0.3 is 5.63 Å². The molecular weight excluding hydrogens is 348 g/mol. The monoisotopic (exact) mass is 370 g/mol. The number of rotatable bonds is 3. The molecule has 3 rings (SSSR count). The van der Waals surface area contributed by atoms with Crippen molar-refractivity contribution in [2.24, 2.45) is 5.14 Å². The number of amides is 1. The highest BCUT2D eigenvalue weighted by Crippen LogP contribution is 2.29. The summed E-state index contributed by atoms with van der Waals surface area (Å²) in [5.41, 5.74) is -0.139. The van der Waals surface area contributed by atoms with Gasteiger partial charge in [-0.15, -0.1) is 0 Å². The highest BCUT2D eigenvalue weighted by molar-refractivity contribution is 7.89. The van der Waals surface area contributed by atoms with Crippen LogP contribution in [-0.4, -0.2) is 44.2 Å². The smallest absolute Gasteiger partial charge is 0.349 e. The molecule has 1 unspecified atom stereocenters. The first-order valence-corrected chi connectivity index (χ1v) is 9.95. The van der Waals surface area contributed by atoms with E-state index in [1.54, 1.807) is 13.0 Å². The maximum atomic E-state index is 12.7. The summed E-state index contributed by atoms with van der Waals surface area (Å²) in [6, 6.07) is 1.68. The Hall–Kier alpha value is -1.71. The lowest BCUT2D eigenvalue weighted by atomic mass is 10.1. The van der Waals surface area contributed by atoms with Gasteiger partial charge in [0.05, 0.1) is 5.25 Å². The van der Waals surface area contributed by atoms with E-state index in [-0.39, 0.29) is 37.6 Å². The molecule has 8 nitrogen and oxygen atoms in total. The molecule has 2 N–H and O–H groups in total. The Morgan fingerprint density at radius 2 is 1.96 bits per heavy atom. The third kappa shape index (κ3) is 3.78. The standard InChI is InChI=1S/C16H22N2O6S/c1-10-9-13(12-3-2-8-23-12)24-16(20)14(10)15(19)18-6-4-11(5-7-18)25(17,21)22/h9,11-12H,2-8H2,1H3,(H2,17,21,22). The molecule has 0 radical (unpaired) electrons. The SMILES string of the molecule is Cc1cc(C2CCCO2)oc(=O)c1C(=O)N1CCC(S(N)(=O)=O)CC1. The highest BCUT2D eigenvalue weighted by Gasteiger charge is 2.32. The third-order valence-corrected chi connectivity index (χ3v) is 6.22. The van der Waals surface area contributed by atoms with Gasteiger partial charge in [0.1, 0.15) is 17.4 Å². The van der Waals surface area contributed by atoms with E-state index in [0.717, 1.165) is 12.8 Å². The van der Waals surface area contributed by atoms with Gasteiger partial charge < -0.3 is 14.1 Å². The quantitative estimate of drug-likeness (QED) is 0.836. The molecule has 138 valence electrons. The molecule has 0 spiro atoms. The maximum Gasteiger partial charge on any atom is 0.349 e. The first kappa shape index (κ1) is 18.1. The number of hydrogen-bond acceptors (Lipinski definition) is 6. The van der Waals surface area contributed by atoms with Gasteiger partial charge in [0.25, 0.3) is 5.91 Å². The average molecular weight is 370 g/mol. The van der Waals surface area contributed by atoms with E-state index in [2.05, 4.69) is 0 Å². The van der Waals surface area contributed by atoms with Crippen LogP contribution in [0, 0.1) is 6.92 Å². The van der Waals surface area contributed by atoms with Crippen molar-refractivity contribution >= 4 is 15.9 Å². The van der Waals surface area contributed by atoms with E-state index in [1.165, 1.54) is 4.90 Å². The lowest BCUT2D eigenvalue weighted by molar-refractivity contribution is 0.0711. The second-order valence-electron chi connectivity index (χ2n) is 6.58. The Morgan fingerprint density at radius 3 is 2.48 bits per heavy atom. The molecule has 1 amide bonds. The largest absolute Gasteiger partial charge is 0.424 e. The predicted molar refractivity (Wildman–Crippen MR) is 89.7 cm³/mol. The third-order valence-electron chi connectivity index (χ3n) is 4.82. The van der Waals surface area contributed by atoms with Crippen LogP contribution in [-0.2, 0) is 14.8 Å². The van der Waals surface area contributed by atoms with Crippen LogP contribution in [0.4, 0.5) is 0 Å². The van der Waals surface area contributed by atoms with Gasteiger partial charge in [0.2, 0.25) is 10.0 Å². The van der Waals surface area contributed by atoms with Crippen molar-refractivity contribution in [3.63, 3.8) is 0 Å². The molecule has 1 atom stereocenters. The molecule has 0 saturated carbocycles. The molecule has 25 heavy (non-hydrogen) atoms. The highest BCUT2D eigenvalue weighted by atomic mass is 32.2. The number of hydrogen-bond donors (Lipinski definition) is 1. The summed E-state index contributed by atoms with van der Waals surface area (Å²) in [6.45, 7) is 2.81. The van der Waals surface area contributed by atoms with Gasteiger partial charge in [-0.2, -0.15) is 0 Å². The van der Waals surface area contributed by atoms with E-state index >= 15 is 0 Å². The molecule has 1 aromatic heterocycles. The van der Waals surface area contributed by atoms with E-state index in [4.69, 9.17) is 14.3 Å². The summed E-state index contributed by atoms with van der Waals surface area (Å²) in [5, 5.41) is 4.52. The topological polar surface area (TPSA) is 120 Å². The fraction of sp³-hybridized carbons (Fsp3) is 0.625. The number of primary sulfonamides is 1. The Labute approximate surface area is 146 Å². The second kappa shape index (κ2) is 6.89. The normalized spacial score (nSPS) is 22.3. The summed E-state index contributed by atoms with van der Waals surface area (Å²) < 4.78 is 33.6. The zero-order valence-electron chi connectivity index (χ0n) is 14.1. The fourth-order valence-electron chi connectivity index (χ4n) is 3.40. The van der Waals surface area contributed by atoms with Gasteiger partial charge in [-0.3, -0.25) is 4.79 Å². The lowest BCUT2D eigenvalue weighted by Gasteiger charge is -2.31. The van der Waals surface area contributed by atoms with Crippen LogP contribution in [0.5, 0.6) is 0 Å². The minimum Gasteiger partial charge on any atom is -0.424 e. The van der Waals surface area contributed by atoms with E-state index < -0.39 is 26.8 Å². The second-order valence-corrected chi connectivity index (χ2v) is 8.42. The van der Waals surface area contributed by atoms with Crippen molar-refractivity contribution in [2.45, 2.75) is 44.0 Å². The van der Waals surface area contributed by atoms with Crippen LogP contribution in [0.3, 0.4) is 0 Å².